The number of rotatable bonds is 3. The molecule has 1 saturated heterocycles. The maximum Gasteiger partial charge on any atom is 0.254 e. The first-order chi connectivity index (χ1) is 14.2. The molecule has 3 heterocycles. The summed E-state index contributed by atoms with van der Waals surface area (Å²) < 4.78 is 2.12. The van der Waals surface area contributed by atoms with E-state index in [2.05, 4.69) is 26.6 Å². The van der Waals surface area contributed by atoms with E-state index >= 15 is 0 Å². The number of hydrogen-bond acceptors (Lipinski definition) is 5. The van der Waals surface area contributed by atoms with Crippen molar-refractivity contribution in [2.75, 3.05) is 31.1 Å². The molecule has 2 aromatic carbocycles. The van der Waals surface area contributed by atoms with Crippen molar-refractivity contribution < 1.29 is 4.79 Å². The maximum atomic E-state index is 13.1. The van der Waals surface area contributed by atoms with E-state index in [0.29, 0.717) is 18.7 Å². The number of nitrogens with zero attached hydrogens (tertiary/aromatic N) is 5. The summed E-state index contributed by atoms with van der Waals surface area (Å²) >= 11 is 1.64. The van der Waals surface area contributed by atoms with E-state index < -0.39 is 0 Å². The third kappa shape index (κ3) is 3.27. The summed E-state index contributed by atoms with van der Waals surface area (Å²) in [4.78, 5) is 26.3. The summed E-state index contributed by atoms with van der Waals surface area (Å²) in [6, 6.07) is 16.0. The van der Waals surface area contributed by atoms with Crippen LogP contribution < -0.4 is 4.90 Å². The first-order valence-electron chi connectivity index (χ1n) is 9.69. The number of benzene rings is 2. The quantitative estimate of drug-likeness (QED) is 0.523. The predicted molar refractivity (Wildman–Crippen MR) is 116 cm³/mol. The highest BCUT2D eigenvalue weighted by atomic mass is 32.1. The molecule has 4 aromatic rings. The van der Waals surface area contributed by atoms with E-state index in [-0.39, 0.29) is 5.91 Å². The van der Waals surface area contributed by atoms with Gasteiger partial charge in [-0.15, -0.1) is 11.3 Å². The number of para-hydroxylation sites is 1. The number of anilines is 1. The van der Waals surface area contributed by atoms with E-state index in [1.165, 1.54) is 0 Å². The Kier molecular flexibility index (Phi) is 4.52. The van der Waals surface area contributed by atoms with Gasteiger partial charge < -0.3 is 9.80 Å². The van der Waals surface area contributed by atoms with E-state index in [9.17, 15) is 4.79 Å². The number of aryl methyl sites for hydroxylation is 1. The summed E-state index contributed by atoms with van der Waals surface area (Å²) in [7, 11) is 0. The number of carbonyl (C=O) groups excluding carboxylic acids is 1. The molecule has 6 nitrogen and oxygen atoms in total. The van der Waals surface area contributed by atoms with Crippen molar-refractivity contribution in [3.8, 4) is 5.69 Å². The Bertz CT molecular complexity index is 1140. The molecule has 0 spiro atoms. The number of hydrogen-bond donors (Lipinski definition) is 0. The van der Waals surface area contributed by atoms with Gasteiger partial charge in [-0.2, -0.15) is 0 Å². The van der Waals surface area contributed by atoms with Crippen molar-refractivity contribution in [3.05, 3.63) is 71.5 Å². The topological polar surface area (TPSA) is 54.3 Å². The molecular formula is C22H21N5OS. The van der Waals surface area contributed by atoms with Crippen molar-refractivity contribution in [1.29, 1.82) is 0 Å². The van der Waals surface area contributed by atoms with Crippen LogP contribution in [0.2, 0.25) is 0 Å². The third-order valence-electron chi connectivity index (χ3n) is 5.34. The van der Waals surface area contributed by atoms with Gasteiger partial charge in [0.25, 0.3) is 5.91 Å². The van der Waals surface area contributed by atoms with Crippen LogP contribution >= 0.6 is 11.3 Å². The van der Waals surface area contributed by atoms with E-state index in [1.54, 1.807) is 11.3 Å². The molecule has 7 heteroatoms. The van der Waals surface area contributed by atoms with Crippen LogP contribution in [0.15, 0.2) is 60.1 Å². The second-order valence-corrected chi connectivity index (χ2v) is 8.00. The van der Waals surface area contributed by atoms with Gasteiger partial charge in [0.15, 0.2) is 5.13 Å². The molecule has 146 valence electrons. The fourth-order valence-corrected chi connectivity index (χ4v) is 4.59. The molecule has 0 bridgehead atoms. The van der Waals surface area contributed by atoms with Gasteiger partial charge in [-0.1, -0.05) is 18.2 Å². The smallest absolute Gasteiger partial charge is 0.254 e. The number of aromatic nitrogens is 3. The van der Waals surface area contributed by atoms with Gasteiger partial charge in [0.1, 0.15) is 5.82 Å². The highest BCUT2D eigenvalue weighted by Crippen LogP contribution is 2.24. The van der Waals surface area contributed by atoms with Gasteiger partial charge in [0, 0.05) is 49.0 Å². The molecule has 2 aromatic heterocycles. The molecule has 0 unspecified atom stereocenters. The van der Waals surface area contributed by atoms with Crippen molar-refractivity contribution >= 4 is 33.4 Å². The first kappa shape index (κ1) is 17.9. The molecule has 1 amide bonds. The Balaban J connectivity index is 1.38. The Morgan fingerprint density at radius 2 is 1.83 bits per heavy atom. The number of imidazole rings is 1. The lowest BCUT2D eigenvalue weighted by atomic mass is 10.1. The standard InChI is InChI=1S/C22H21N5OS/c1-16-24-19-15-17(7-8-20(19)27(16)18-5-3-2-4-6-18)21(28)25-10-12-26(13-11-25)22-23-9-14-29-22/h2-9,14-15H,10-13H2,1H3. The molecule has 1 fully saturated rings. The lowest BCUT2D eigenvalue weighted by Gasteiger charge is -2.34. The zero-order chi connectivity index (χ0) is 19.8. The largest absolute Gasteiger partial charge is 0.345 e. The zero-order valence-electron chi connectivity index (χ0n) is 16.2. The number of amides is 1. The Morgan fingerprint density at radius 3 is 2.55 bits per heavy atom. The van der Waals surface area contributed by atoms with Gasteiger partial charge in [0.2, 0.25) is 0 Å². The molecule has 0 N–H and O–H groups in total. The molecule has 0 saturated carbocycles. The molecular weight excluding hydrogens is 382 g/mol. The fourth-order valence-electron chi connectivity index (χ4n) is 3.89. The normalized spacial score (nSPS) is 14.5. The fraction of sp³-hybridized carbons (Fsp3) is 0.227. The first-order valence-corrected chi connectivity index (χ1v) is 10.6. The van der Waals surface area contributed by atoms with Crippen LogP contribution in [-0.2, 0) is 0 Å². The van der Waals surface area contributed by atoms with Crippen LogP contribution in [0.5, 0.6) is 0 Å². The van der Waals surface area contributed by atoms with Crippen molar-refractivity contribution in [1.82, 2.24) is 19.4 Å². The summed E-state index contributed by atoms with van der Waals surface area (Å²) in [6.45, 7) is 5.01. The number of piperazine rings is 1. The minimum Gasteiger partial charge on any atom is -0.345 e. The zero-order valence-corrected chi connectivity index (χ0v) is 17.0. The van der Waals surface area contributed by atoms with Gasteiger partial charge in [0.05, 0.1) is 11.0 Å². The van der Waals surface area contributed by atoms with Crippen LogP contribution in [0.4, 0.5) is 5.13 Å². The van der Waals surface area contributed by atoms with Gasteiger partial charge in [-0.3, -0.25) is 9.36 Å². The second kappa shape index (κ2) is 7.33. The monoisotopic (exact) mass is 403 g/mol. The Labute approximate surface area is 173 Å². The number of thiazole rings is 1. The molecule has 29 heavy (non-hydrogen) atoms. The average molecular weight is 404 g/mol. The summed E-state index contributed by atoms with van der Waals surface area (Å²) in [5, 5.41) is 3.01. The molecule has 0 radical (unpaired) electrons. The molecule has 1 aliphatic rings. The van der Waals surface area contributed by atoms with Crippen LogP contribution in [0.1, 0.15) is 16.2 Å². The van der Waals surface area contributed by atoms with Crippen LogP contribution in [0, 0.1) is 6.92 Å². The SMILES string of the molecule is Cc1nc2cc(C(=O)N3CCN(c4nccs4)CC3)ccc2n1-c1ccccc1. The lowest BCUT2D eigenvalue weighted by Crippen LogP contribution is -2.48. The maximum absolute atomic E-state index is 13.1. The Morgan fingerprint density at radius 1 is 1.03 bits per heavy atom. The van der Waals surface area contributed by atoms with Gasteiger partial charge >= 0.3 is 0 Å². The summed E-state index contributed by atoms with van der Waals surface area (Å²) in [5.74, 6) is 0.977. The minimum atomic E-state index is 0.0672. The van der Waals surface area contributed by atoms with Crippen LogP contribution in [-0.4, -0.2) is 51.5 Å². The highest BCUT2D eigenvalue weighted by molar-refractivity contribution is 7.13. The van der Waals surface area contributed by atoms with E-state index in [4.69, 9.17) is 4.98 Å². The van der Waals surface area contributed by atoms with E-state index in [1.807, 2.05) is 59.8 Å². The van der Waals surface area contributed by atoms with Crippen molar-refractivity contribution in [2.24, 2.45) is 0 Å². The van der Waals surface area contributed by atoms with Gasteiger partial charge in [-0.05, 0) is 37.3 Å². The average Bonchev–Trinajstić information content (AvgIpc) is 3.41. The lowest BCUT2D eigenvalue weighted by molar-refractivity contribution is 0.0747. The molecule has 0 atom stereocenters. The van der Waals surface area contributed by atoms with Gasteiger partial charge in [-0.25, -0.2) is 9.97 Å². The van der Waals surface area contributed by atoms with Crippen LogP contribution in [0.25, 0.3) is 16.7 Å². The minimum absolute atomic E-state index is 0.0672. The van der Waals surface area contributed by atoms with Crippen molar-refractivity contribution in [3.63, 3.8) is 0 Å². The number of carbonyl (C=O) groups is 1. The molecule has 5 rings (SSSR count). The second-order valence-electron chi connectivity index (χ2n) is 7.13. The Hall–Kier alpha value is -3.19. The highest BCUT2D eigenvalue weighted by Gasteiger charge is 2.24. The summed E-state index contributed by atoms with van der Waals surface area (Å²) in [5.41, 5.74) is 3.63. The van der Waals surface area contributed by atoms with Crippen LogP contribution in [0.3, 0.4) is 0 Å². The van der Waals surface area contributed by atoms with E-state index in [0.717, 1.165) is 40.8 Å². The van der Waals surface area contributed by atoms with Crippen molar-refractivity contribution in [2.45, 2.75) is 6.92 Å². The molecule has 1 aliphatic heterocycles. The summed E-state index contributed by atoms with van der Waals surface area (Å²) in [6.07, 6.45) is 1.82. The molecule has 0 aliphatic carbocycles. The number of fused-ring (bicyclic) bond motifs is 1. The third-order valence-corrected chi connectivity index (χ3v) is 6.17. The predicted octanol–water partition coefficient (Wildman–Crippen LogP) is 3.75.